The van der Waals surface area contributed by atoms with Crippen molar-refractivity contribution in [3.8, 4) is 0 Å². The molecule has 0 bridgehead atoms. The third kappa shape index (κ3) is 4.31. The van der Waals surface area contributed by atoms with Crippen LogP contribution in [0, 0.1) is 3.57 Å². The Labute approximate surface area is 188 Å². The number of anilines is 2. The molecule has 29 heavy (non-hydrogen) atoms. The normalized spacial score (nSPS) is 10.5. The summed E-state index contributed by atoms with van der Waals surface area (Å²) in [7, 11) is 0. The Kier molecular flexibility index (Phi) is 5.87. The van der Waals surface area contributed by atoms with Crippen LogP contribution in [0.1, 0.15) is 10.4 Å². The monoisotopic (exact) mass is 508 g/mol. The van der Waals surface area contributed by atoms with Gasteiger partial charge in [0, 0.05) is 14.9 Å². The van der Waals surface area contributed by atoms with Crippen molar-refractivity contribution in [1.82, 2.24) is 5.32 Å². The quantitative estimate of drug-likeness (QED) is 0.261. The minimum Gasteiger partial charge on any atom is -0.298 e. The first kappa shape index (κ1) is 19.5. The van der Waals surface area contributed by atoms with E-state index in [1.807, 2.05) is 71.6 Å². The fourth-order valence-corrected chi connectivity index (χ4v) is 4.08. The van der Waals surface area contributed by atoms with Gasteiger partial charge in [0.05, 0.1) is 5.56 Å². The van der Waals surface area contributed by atoms with Crippen molar-refractivity contribution in [1.29, 1.82) is 0 Å². The van der Waals surface area contributed by atoms with Crippen LogP contribution in [-0.2, 0) is 0 Å². The maximum absolute atomic E-state index is 12.8. The van der Waals surface area contributed by atoms with Gasteiger partial charge < -0.3 is 0 Å². The number of amides is 1. The fraction of sp³-hybridized carbons (Fsp3) is 0. The molecule has 4 aromatic carbocycles. The number of para-hydroxylation sites is 1. The molecule has 0 aliphatic heterocycles. The molecular weight excluding hydrogens is 491 g/mol. The van der Waals surface area contributed by atoms with Crippen LogP contribution in [0.15, 0.2) is 97.1 Å². The number of carbonyl (C=O) groups excluding carboxylic acids is 1. The number of thiocarbonyl (C=S) groups is 1. The Balaban J connectivity index is 1.71. The molecule has 142 valence electrons. The van der Waals surface area contributed by atoms with Crippen molar-refractivity contribution < 1.29 is 4.79 Å². The van der Waals surface area contributed by atoms with Gasteiger partial charge in [0.2, 0.25) is 0 Å². The Bertz CT molecular complexity index is 1190. The minimum absolute atomic E-state index is 0.221. The van der Waals surface area contributed by atoms with Gasteiger partial charge in [-0.15, -0.1) is 0 Å². The van der Waals surface area contributed by atoms with Crippen LogP contribution in [0.2, 0.25) is 0 Å². The molecular formula is C24H17IN2OS. The highest BCUT2D eigenvalue weighted by Gasteiger charge is 2.19. The molecule has 0 atom stereocenters. The average molecular weight is 508 g/mol. The number of hydrogen-bond donors (Lipinski definition) is 1. The second kappa shape index (κ2) is 8.71. The van der Waals surface area contributed by atoms with E-state index in [1.165, 1.54) is 0 Å². The lowest BCUT2D eigenvalue weighted by atomic mass is 10.1. The number of carbonyl (C=O) groups is 1. The van der Waals surface area contributed by atoms with Gasteiger partial charge in [-0.25, -0.2) is 0 Å². The first-order valence-corrected chi connectivity index (χ1v) is 10.6. The Morgan fingerprint density at radius 2 is 1.41 bits per heavy atom. The summed E-state index contributed by atoms with van der Waals surface area (Å²) in [6, 6.07) is 31.6. The van der Waals surface area contributed by atoms with Crippen molar-refractivity contribution in [2.75, 3.05) is 4.90 Å². The number of benzene rings is 4. The van der Waals surface area contributed by atoms with Crippen LogP contribution in [0.3, 0.4) is 0 Å². The molecule has 0 saturated heterocycles. The summed E-state index contributed by atoms with van der Waals surface area (Å²) in [5, 5.41) is 5.49. The predicted octanol–water partition coefficient (Wildman–Crippen LogP) is 6.30. The van der Waals surface area contributed by atoms with E-state index in [0.29, 0.717) is 10.7 Å². The molecule has 0 spiro atoms. The van der Waals surface area contributed by atoms with Gasteiger partial charge >= 0.3 is 0 Å². The lowest BCUT2D eigenvalue weighted by Crippen LogP contribution is -2.40. The Hall–Kier alpha value is -2.77. The van der Waals surface area contributed by atoms with Crippen molar-refractivity contribution in [3.63, 3.8) is 0 Å². The van der Waals surface area contributed by atoms with E-state index >= 15 is 0 Å². The van der Waals surface area contributed by atoms with E-state index in [-0.39, 0.29) is 5.91 Å². The summed E-state index contributed by atoms with van der Waals surface area (Å²) >= 11 is 7.83. The van der Waals surface area contributed by atoms with E-state index in [0.717, 1.165) is 25.7 Å². The molecule has 0 saturated carbocycles. The van der Waals surface area contributed by atoms with Crippen molar-refractivity contribution in [3.05, 3.63) is 106 Å². The highest BCUT2D eigenvalue weighted by Crippen LogP contribution is 2.29. The molecule has 4 aromatic rings. The molecule has 1 N–H and O–H groups in total. The van der Waals surface area contributed by atoms with Crippen LogP contribution in [-0.4, -0.2) is 11.0 Å². The second-order valence-electron chi connectivity index (χ2n) is 6.44. The van der Waals surface area contributed by atoms with E-state index in [4.69, 9.17) is 12.2 Å². The summed E-state index contributed by atoms with van der Waals surface area (Å²) in [5.41, 5.74) is 2.38. The lowest BCUT2D eigenvalue weighted by molar-refractivity contribution is 0.0976. The molecule has 0 aliphatic rings. The van der Waals surface area contributed by atoms with Gasteiger partial charge in [-0.2, -0.15) is 0 Å². The lowest BCUT2D eigenvalue weighted by Gasteiger charge is -2.26. The summed E-state index contributed by atoms with van der Waals surface area (Å²) in [5.74, 6) is -0.221. The maximum atomic E-state index is 12.8. The van der Waals surface area contributed by atoms with Gasteiger partial charge in [-0.05, 0) is 82.0 Å². The third-order valence-corrected chi connectivity index (χ3v) is 5.77. The predicted molar refractivity (Wildman–Crippen MR) is 132 cm³/mol. The smallest absolute Gasteiger partial charge is 0.258 e. The van der Waals surface area contributed by atoms with Gasteiger partial charge in [-0.3, -0.25) is 15.0 Å². The van der Waals surface area contributed by atoms with Crippen molar-refractivity contribution in [2.24, 2.45) is 0 Å². The fourth-order valence-electron chi connectivity index (χ4n) is 3.14. The highest BCUT2D eigenvalue weighted by atomic mass is 127. The van der Waals surface area contributed by atoms with Gasteiger partial charge in [0.15, 0.2) is 5.11 Å². The number of hydrogen-bond acceptors (Lipinski definition) is 2. The standard InChI is InChI=1S/C24H17IN2OS/c25-22-13-7-6-12-21(22)23(28)26-24(29)27(19-10-2-1-3-11-19)20-15-14-17-8-4-5-9-18(17)16-20/h1-16H,(H,26,28,29). The minimum atomic E-state index is -0.221. The number of nitrogens with one attached hydrogen (secondary N) is 1. The molecule has 0 aliphatic carbocycles. The van der Waals surface area contributed by atoms with Gasteiger partial charge in [-0.1, -0.05) is 60.7 Å². The largest absolute Gasteiger partial charge is 0.298 e. The summed E-state index contributed by atoms with van der Waals surface area (Å²) in [6.45, 7) is 0. The van der Waals surface area contributed by atoms with E-state index in [9.17, 15) is 4.79 Å². The summed E-state index contributed by atoms with van der Waals surface area (Å²) in [4.78, 5) is 14.7. The Morgan fingerprint density at radius 3 is 2.17 bits per heavy atom. The van der Waals surface area contributed by atoms with E-state index in [1.54, 1.807) is 6.07 Å². The first-order chi connectivity index (χ1) is 14.1. The average Bonchev–Trinajstić information content (AvgIpc) is 2.75. The topological polar surface area (TPSA) is 32.3 Å². The first-order valence-electron chi connectivity index (χ1n) is 9.07. The van der Waals surface area contributed by atoms with E-state index in [2.05, 4.69) is 52.2 Å². The molecule has 5 heteroatoms. The summed E-state index contributed by atoms with van der Waals surface area (Å²) < 4.78 is 0.877. The SMILES string of the molecule is O=C(NC(=S)N(c1ccccc1)c1ccc2ccccc2c1)c1ccccc1I. The molecule has 0 heterocycles. The van der Waals surface area contributed by atoms with Crippen molar-refractivity contribution in [2.45, 2.75) is 0 Å². The van der Waals surface area contributed by atoms with Gasteiger partial charge in [0.1, 0.15) is 0 Å². The Morgan fingerprint density at radius 1 is 0.759 bits per heavy atom. The highest BCUT2D eigenvalue weighted by molar-refractivity contribution is 14.1. The number of rotatable bonds is 3. The van der Waals surface area contributed by atoms with Gasteiger partial charge in [0.25, 0.3) is 5.91 Å². The van der Waals surface area contributed by atoms with Crippen LogP contribution >= 0.6 is 34.8 Å². The number of nitrogens with zero attached hydrogens (tertiary/aromatic N) is 1. The zero-order valence-corrected chi connectivity index (χ0v) is 18.4. The molecule has 0 aromatic heterocycles. The zero-order valence-electron chi connectivity index (χ0n) is 15.4. The molecule has 3 nitrogen and oxygen atoms in total. The van der Waals surface area contributed by atoms with Crippen LogP contribution < -0.4 is 10.2 Å². The summed E-state index contributed by atoms with van der Waals surface area (Å²) in [6.07, 6.45) is 0. The molecule has 0 radical (unpaired) electrons. The van der Waals surface area contributed by atoms with Crippen LogP contribution in [0.5, 0.6) is 0 Å². The number of fused-ring (bicyclic) bond motifs is 1. The zero-order chi connectivity index (χ0) is 20.2. The molecule has 0 unspecified atom stereocenters. The van der Waals surface area contributed by atoms with Crippen LogP contribution in [0.25, 0.3) is 10.8 Å². The molecule has 1 amide bonds. The van der Waals surface area contributed by atoms with E-state index < -0.39 is 0 Å². The van der Waals surface area contributed by atoms with Crippen molar-refractivity contribution >= 4 is 68.0 Å². The third-order valence-electron chi connectivity index (χ3n) is 4.55. The molecule has 0 fully saturated rings. The van der Waals surface area contributed by atoms with Crippen LogP contribution in [0.4, 0.5) is 11.4 Å². The maximum Gasteiger partial charge on any atom is 0.258 e. The number of halogens is 1. The molecule has 4 rings (SSSR count). The second-order valence-corrected chi connectivity index (χ2v) is 7.99.